The SMILES string of the molecule is Cc1ccccc1-c1cc(-c2ccccc2)ccc1Cc1cccc(-c2ccccc2-n2c3ccccc3c3cc(-n4c5ccccc5c5ccccc54)ccc32)c1. The van der Waals surface area contributed by atoms with E-state index in [1.807, 2.05) is 0 Å². The molecule has 0 spiro atoms. The van der Waals surface area contributed by atoms with Crippen molar-refractivity contribution in [3.63, 3.8) is 0 Å². The van der Waals surface area contributed by atoms with Crippen LogP contribution in [0.15, 0.2) is 212 Å². The lowest BCUT2D eigenvalue weighted by molar-refractivity contribution is 1.16. The molecular formula is C56H40N2. The summed E-state index contributed by atoms with van der Waals surface area (Å²) in [7, 11) is 0. The van der Waals surface area contributed by atoms with Crippen LogP contribution in [0.2, 0.25) is 0 Å². The predicted molar refractivity (Wildman–Crippen MR) is 245 cm³/mol. The first kappa shape index (κ1) is 33.9. The third kappa shape index (κ3) is 5.64. The molecule has 0 atom stereocenters. The van der Waals surface area contributed by atoms with Gasteiger partial charge in [-0.3, -0.25) is 0 Å². The molecule has 11 rings (SSSR count). The minimum absolute atomic E-state index is 0.829. The Kier molecular flexibility index (Phi) is 8.15. The van der Waals surface area contributed by atoms with Gasteiger partial charge in [-0.15, -0.1) is 0 Å². The first-order valence-corrected chi connectivity index (χ1v) is 20.1. The number of hydrogen-bond donors (Lipinski definition) is 0. The Labute approximate surface area is 338 Å². The van der Waals surface area contributed by atoms with Gasteiger partial charge in [0.25, 0.3) is 0 Å². The van der Waals surface area contributed by atoms with Gasteiger partial charge >= 0.3 is 0 Å². The molecule has 11 aromatic rings. The summed E-state index contributed by atoms with van der Waals surface area (Å²) in [4.78, 5) is 0. The Morgan fingerprint density at radius 3 is 1.67 bits per heavy atom. The molecule has 0 aliphatic rings. The number of hydrogen-bond acceptors (Lipinski definition) is 0. The van der Waals surface area contributed by atoms with Crippen LogP contribution in [0.3, 0.4) is 0 Å². The third-order valence-corrected chi connectivity index (χ3v) is 11.9. The van der Waals surface area contributed by atoms with E-state index in [0.717, 1.165) is 12.1 Å². The second-order valence-corrected chi connectivity index (χ2v) is 15.4. The molecule has 0 amide bonds. The van der Waals surface area contributed by atoms with Crippen LogP contribution in [0.4, 0.5) is 0 Å². The van der Waals surface area contributed by atoms with E-state index in [1.54, 1.807) is 0 Å². The quantitative estimate of drug-likeness (QED) is 0.154. The van der Waals surface area contributed by atoms with Gasteiger partial charge in [-0.2, -0.15) is 0 Å². The van der Waals surface area contributed by atoms with Crippen LogP contribution in [0.5, 0.6) is 0 Å². The predicted octanol–water partition coefficient (Wildman–Crippen LogP) is 14.8. The number of para-hydroxylation sites is 4. The number of nitrogens with zero attached hydrogens (tertiary/aromatic N) is 2. The molecular weight excluding hydrogens is 701 g/mol. The van der Waals surface area contributed by atoms with Crippen LogP contribution < -0.4 is 0 Å². The molecule has 2 heterocycles. The highest BCUT2D eigenvalue weighted by Crippen LogP contribution is 2.40. The van der Waals surface area contributed by atoms with Crippen LogP contribution in [-0.4, -0.2) is 9.13 Å². The first-order valence-electron chi connectivity index (χ1n) is 20.1. The van der Waals surface area contributed by atoms with Crippen LogP contribution >= 0.6 is 0 Å². The summed E-state index contributed by atoms with van der Waals surface area (Å²) in [5.74, 6) is 0. The van der Waals surface area contributed by atoms with E-state index >= 15 is 0 Å². The van der Waals surface area contributed by atoms with Crippen LogP contribution in [0, 0.1) is 6.92 Å². The van der Waals surface area contributed by atoms with E-state index in [1.165, 1.54) is 99.4 Å². The normalized spacial score (nSPS) is 11.6. The van der Waals surface area contributed by atoms with Crippen LogP contribution in [0.25, 0.3) is 88.4 Å². The lowest BCUT2D eigenvalue weighted by atomic mass is 9.89. The molecule has 274 valence electrons. The first-order chi connectivity index (χ1) is 28.7. The van der Waals surface area contributed by atoms with Crippen molar-refractivity contribution in [1.82, 2.24) is 9.13 Å². The van der Waals surface area contributed by atoms with Crippen LogP contribution in [0.1, 0.15) is 16.7 Å². The Hall–Kier alpha value is -7.42. The second kappa shape index (κ2) is 14.0. The standard InChI is InChI=1S/C56H40N2/c1-38-16-5-6-21-45(38)50-36-41(40-18-3-2-4-19-40)30-31-43(50)35-39-17-15-20-42(34-39)46-22-7-11-26-52(46)58-55-29-14-10-25-49(55)51-37-44(32-33-56(51)58)57-53-27-12-8-23-47(53)48-24-9-13-28-54(48)57/h2-34,36-37H,35H2,1H3. The summed E-state index contributed by atoms with van der Waals surface area (Å²) >= 11 is 0. The molecule has 0 aliphatic carbocycles. The summed E-state index contributed by atoms with van der Waals surface area (Å²) in [6.45, 7) is 2.21. The van der Waals surface area contributed by atoms with Crippen molar-refractivity contribution in [3.05, 3.63) is 229 Å². The summed E-state index contributed by atoms with van der Waals surface area (Å²) in [5.41, 5.74) is 18.5. The van der Waals surface area contributed by atoms with E-state index < -0.39 is 0 Å². The monoisotopic (exact) mass is 740 g/mol. The van der Waals surface area contributed by atoms with Crippen molar-refractivity contribution >= 4 is 43.6 Å². The lowest BCUT2D eigenvalue weighted by Gasteiger charge is -2.17. The number of aromatic nitrogens is 2. The van der Waals surface area contributed by atoms with E-state index in [9.17, 15) is 0 Å². The zero-order valence-corrected chi connectivity index (χ0v) is 32.3. The van der Waals surface area contributed by atoms with Crippen molar-refractivity contribution in [3.8, 4) is 44.8 Å². The molecule has 58 heavy (non-hydrogen) atoms. The van der Waals surface area contributed by atoms with Gasteiger partial charge in [0.2, 0.25) is 0 Å². The fraction of sp³-hybridized carbons (Fsp3) is 0.0357. The molecule has 0 saturated heterocycles. The minimum Gasteiger partial charge on any atom is -0.309 e. The van der Waals surface area contributed by atoms with E-state index in [-0.39, 0.29) is 0 Å². The number of rotatable bonds is 7. The van der Waals surface area contributed by atoms with E-state index in [2.05, 4.69) is 228 Å². The van der Waals surface area contributed by atoms with E-state index in [0.29, 0.717) is 0 Å². The number of fused-ring (bicyclic) bond motifs is 6. The van der Waals surface area contributed by atoms with Crippen molar-refractivity contribution < 1.29 is 0 Å². The number of aryl methyl sites for hydroxylation is 1. The second-order valence-electron chi connectivity index (χ2n) is 15.4. The zero-order valence-electron chi connectivity index (χ0n) is 32.3. The Morgan fingerprint density at radius 2 is 0.931 bits per heavy atom. The third-order valence-electron chi connectivity index (χ3n) is 11.9. The maximum Gasteiger partial charge on any atom is 0.0542 e. The maximum absolute atomic E-state index is 2.46. The van der Waals surface area contributed by atoms with Gasteiger partial charge in [0.05, 0.1) is 27.8 Å². The maximum atomic E-state index is 2.46. The zero-order chi connectivity index (χ0) is 38.6. The van der Waals surface area contributed by atoms with Crippen molar-refractivity contribution in [2.24, 2.45) is 0 Å². The van der Waals surface area contributed by atoms with Crippen LogP contribution in [-0.2, 0) is 6.42 Å². The average molecular weight is 741 g/mol. The average Bonchev–Trinajstić information content (AvgIpc) is 3.80. The Bertz CT molecular complexity index is 3270. The summed E-state index contributed by atoms with van der Waals surface area (Å²) in [5, 5.41) is 5.02. The smallest absolute Gasteiger partial charge is 0.0542 e. The lowest BCUT2D eigenvalue weighted by Crippen LogP contribution is -1.99. The topological polar surface area (TPSA) is 9.86 Å². The summed E-state index contributed by atoms with van der Waals surface area (Å²) < 4.78 is 4.87. The fourth-order valence-corrected chi connectivity index (χ4v) is 9.21. The highest BCUT2D eigenvalue weighted by Gasteiger charge is 2.19. The Balaban J connectivity index is 1.03. The molecule has 0 bridgehead atoms. The minimum atomic E-state index is 0.829. The van der Waals surface area contributed by atoms with Gasteiger partial charge in [0, 0.05) is 32.8 Å². The van der Waals surface area contributed by atoms with Crippen molar-refractivity contribution in [2.75, 3.05) is 0 Å². The molecule has 0 aliphatic heterocycles. The fourth-order valence-electron chi connectivity index (χ4n) is 9.21. The molecule has 2 nitrogen and oxygen atoms in total. The molecule has 2 aromatic heterocycles. The van der Waals surface area contributed by atoms with Gasteiger partial charge in [-0.25, -0.2) is 0 Å². The van der Waals surface area contributed by atoms with Crippen molar-refractivity contribution in [1.29, 1.82) is 0 Å². The molecule has 0 radical (unpaired) electrons. The van der Waals surface area contributed by atoms with Crippen molar-refractivity contribution in [2.45, 2.75) is 13.3 Å². The van der Waals surface area contributed by atoms with Gasteiger partial charge in [-0.05, 0) is 106 Å². The highest BCUT2D eigenvalue weighted by atomic mass is 15.0. The molecule has 9 aromatic carbocycles. The number of benzene rings is 9. The largest absolute Gasteiger partial charge is 0.309 e. The van der Waals surface area contributed by atoms with Gasteiger partial charge < -0.3 is 9.13 Å². The molecule has 0 N–H and O–H groups in total. The summed E-state index contributed by atoms with van der Waals surface area (Å²) in [6, 6.07) is 77.7. The summed E-state index contributed by atoms with van der Waals surface area (Å²) in [6.07, 6.45) is 0.829. The van der Waals surface area contributed by atoms with Gasteiger partial charge in [0.15, 0.2) is 0 Å². The molecule has 2 heteroatoms. The molecule has 0 unspecified atom stereocenters. The van der Waals surface area contributed by atoms with Gasteiger partial charge in [-0.1, -0.05) is 164 Å². The Morgan fingerprint density at radius 1 is 0.345 bits per heavy atom. The van der Waals surface area contributed by atoms with E-state index in [4.69, 9.17) is 0 Å². The highest BCUT2D eigenvalue weighted by molar-refractivity contribution is 6.12. The molecule has 0 fully saturated rings. The molecule has 0 saturated carbocycles. The van der Waals surface area contributed by atoms with Gasteiger partial charge in [0.1, 0.15) is 0 Å².